The van der Waals surface area contributed by atoms with Gasteiger partial charge in [-0.25, -0.2) is 0 Å². The summed E-state index contributed by atoms with van der Waals surface area (Å²) in [7, 11) is 1.48. The van der Waals surface area contributed by atoms with Crippen LogP contribution in [0.25, 0.3) is 11.7 Å². The maximum absolute atomic E-state index is 13.5. The number of nitrogens with one attached hydrogen (secondary N) is 1. The van der Waals surface area contributed by atoms with E-state index in [1.54, 1.807) is 61.7 Å². The molecule has 4 rings (SSSR count). The number of methoxy groups -OCH3 is 1. The molecule has 0 saturated carbocycles. The number of para-hydroxylation sites is 2. The van der Waals surface area contributed by atoms with E-state index in [1.807, 2.05) is 6.07 Å². The number of pyridine rings is 1. The topological polar surface area (TPSA) is 106 Å². The van der Waals surface area contributed by atoms with Crippen molar-refractivity contribution in [2.45, 2.75) is 6.92 Å². The number of hydrogen-bond donors (Lipinski definition) is 1. The molecule has 0 aliphatic carbocycles. The molecule has 10 heteroatoms. The van der Waals surface area contributed by atoms with Gasteiger partial charge in [0.25, 0.3) is 11.5 Å². The number of carbonyl (C=O) groups excluding carboxylic acids is 1. The first-order valence-corrected chi connectivity index (χ1v) is 11.3. The van der Waals surface area contributed by atoms with Gasteiger partial charge in [-0.3, -0.25) is 14.0 Å². The van der Waals surface area contributed by atoms with Gasteiger partial charge < -0.3 is 14.8 Å². The van der Waals surface area contributed by atoms with E-state index in [2.05, 4.69) is 10.3 Å². The second kappa shape index (κ2) is 10.5. The second-order valence-corrected chi connectivity index (χ2v) is 8.28. The summed E-state index contributed by atoms with van der Waals surface area (Å²) in [6.07, 6.45) is 2.67. The zero-order chi connectivity index (χ0) is 25.8. The predicted molar refractivity (Wildman–Crippen MR) is 138 cm³/mol. The molecule has 0 saturated heterocycles. The zero-order valence-corrected chi connectivity index (χ0v) is 20.6. The van der Waals surface area contributed by atoms with Crippen molar-refractivity contribution in [1.29, 1.82) is 5.26 Å². The lowest BCUT2D eigenvalue weighted by atomic mass is 10.1. The molecule has 2 heterocycles. The van der Waals surface area contributed by atoms with Crippen LogP contribution in [0.1, 0.15) is 11.1 Å². The number of carbonyl (C=O) groups is 1. The lowest BCUT2D eigenvalue weighted by Crippen LogP contribution is -2.21. The number of amides is 1. The molecule has 0 radical (unpaired) electrons. The van der Waals surface area contributed by atoms with Crippen molar-refractivity contribution >= 4 is 46.5 Å². The molecule has 0 bridgehead atoms. The summed E-state index contributed by atoms with van der Waals surface area (Å²) in [6.45, 7) is 1.80. The highest BCUT2D eigenvalue weighted by molar-refractivity contribution is 6.44. The van der Waals surface area contributed by atoms with E-state index < -0.39 is 11.5 Å². The minimum atomic E-state index is -0.793. The molecule has 0 aliphatic rings. The van der Waals surface area contributed by atoms with Crippen LogP contribution in [0.2, 0.25) is 10.0 Å². The molecule has 2 aromatic heterocycles. The molecule has 1 amide bonds. The quantitative estimate of drug-likeness (QED) is 0.260. The first-order chi connectivity index (χ1) is 17.3. The summed E-state index contributed by atoms with van der Waals surface area (Å²) in [5.74, 6) is -0.181. The van der Waals surface area contributed by atoms with Crippen LogP contribution in [0.3, 0.4) is 0 Å². The molecule has 0 atom stereocenters. The van der Waals surface area contributed by atoms with Gasteiger partial charge in [-0.15, -0.1) is 0 Å². The normalized spacial score (nSPS) is 11.1. The SMILES string of the molecule is COc1ccccc1Oc1nc2c(C)cccn2c(=O)c1/C=C(/C#N)C(=O)Nc1cccc(Cl)c1Cl. The van der Waals surface area contributed by atoms with Gasteiger partial charge in [0.05, 0.1) is 22.8 Å². The number of nitriles is 1. The van der Waals surface area contributed by atoms with Gasteiger partial charge in [-0.1, -0.05) is 47.5 Å². The molecule has 2 aromatic carbocycles. The van der Waals surface area contributed by atoms with Gasteiger partial charge in [-0.2, -0.15) is 10.2 Å². The van der Waals surface area contributed by atoms with Crippen LogP contribution in [-0.2, 0) is 4.79 Å². The Kier molecular flexibility index (Phi) is 7.25. The number of anilines is 1. The highest BCUT2D eigenvalue weighted by Gasteiger charge is 2.20. The van der Waals surface area contributed by atoms with Crippen molar-refractivity contribution in [3.63, 3.8) is 0 Å². The standard InChI is InChI=1S/C26H18Cl2N4O4/c1-15-7-6-12-32-23(15)31-25(36-21-11-4-3-10-20(21)35-2)17(26(32)34)13-16(14-29)24(33)30-19-9-5-8-18(27)22(19)28/h3-13H,1-2H3,(H,30,33)/b16-13-. The highest BCUT2D eigenvalue weighted by atomic mass is 35.5. The molecule has 180 valence electrons. The summed E-state index contributed by atoms with van der Waals surface area (Å²) in [5.41, 5.74) is 0.289. The van der Waals surface area contributed by atoms with E-state index >= 15 is 0 Å². The number of halogens is 2. The molecule has 1 N–H and O–H groups in total. The fourth-order valence-electron chi connectivity index (χ4n) is 3.38. The Hall–Kier alpha value is -4.32. The van der Waals surface area contributed by atoms with E-state index in [0.717, 1.165) is 11.6 Å². The summed E-state index contributed by atoms with van der Waals surface area (Å²) in [6, 6.07) is 16.8. The zero-order valence-electron chi connectivity index (χ0n) is 19.1. The summed E-state index contributed by atoms with van der Waals surface area (Å²) in [4.78, 5) is 30.9. The number of hydrogen-bond acceptors (Lipinski definition) is 6. The Balaban J connectivity index is 1.86. The summed E-state index contributed by atoms with van der Waals surface area (Å²) < 4.78 is 12.6. The minimum Gasteiger partial charge on any atom is -0.493 e. The van der Waals surface area contributed by atoms with Gasteiger partial charge in [-0.05, 0) is 48.9 Å². The number of ether oxygens (including phenoxy) is 2. The van der Waals surface area contributed by atoms with Crippen molar-refractivity contribution in [1.82, 2.24) is 9.38 Å². The Morgan fingerprint density at radius 3 is 2.58 bits per heavy atom. The highest BCUT2D eigenvalue weighted by Crippen LogP contribution is 2.33. The van der Waals surface area contributed by atoms with Crippen molar-refractivity contribution in [2.24, 2.45) is 0 Å². The Labute approximate surface area is 215 Å². The largest absolute Gasteiger partial charge is 0.493 e. The fraction of sp³-hybridized carbons (Fsp3) is 0.0769. The van der Waals surface area contributed by atoms with Crippen LogP contribution < -0.4 is 20.3 Å². The first kappa shape index (κ1) is 24.8. The lowest BCUT2D eigenvalue weighted by molar-refractivity contribution is -0.112. The summed E-state index contributed by atoms with van der Waals surface area (Å²) >= 11 is 12.2. The second-order valence-electron chi connectivity index (χ2n) is 7.50. The Morgan fingerprint density at radius 1 is 1.11 bits per heavy atom. The van der Waals surface area contributed by atoms with Crippen LogP contribution in [0.15, 0.2) is 71.2 Å². The number of benzene rings is 2. The van der Waals surface area contributed by atoms with Crippen LogP contribution in [-0.4, -0.2) is 22.4 Å². The molecular weight excluding hydrogens is 503 g/mol. The molecule has 0 spiro atoms. The summed E-state index contributed by atoms with van der Waals surface area (Å²) in [5, 5.41) is 12.6. The van der Waals surface area contributed by atoms with Gasteiger partial charge in [0.1, 0.15) is 22.9 Å². The van der Waals surface area contributed by atoms with Gasteiger partial charge in [0.15, 0.2) is 11.5 Å². The maximum Gasteiger partial charge on any atom is 0.269 e. The van der Waals surface area contributed by atoms with Gasteiger partial charge in [0, 0.05) is 6.20 Å². The molecule has 4 aromatic rings. The van der Waals surface area contributed by atoms with Crippen LogP contribution in [0.5, 0.6) is 17.4 Å². The van der Waals surface area contributed by atoms with Gasteiger partial charge in [0.2, 0.25) is 5.88 Å². The predicted octanol–water partition coefficient (Wildman–Crippen LogP) is 5.66. The van der Waals surface area contributed by atoms with Crippen molar-refractivity contribution in [3.8, 4) is 23.4 Å². The average molecular weight is 521 g/mol. The minimum absolute atomic E-state index is 0.0971. The first-order valence-electron chi connectivity index (χ1n) is 10.5. The van der Waals surface area contributed by atoms with E-state index in [9.17, 15) is 14.9 Å². The number of aryl methyl sites for hydroxylation is 1. The van der Waals surface area contributed by atoms with Crippen molar-refractivity contribution < 1.29 is 14.3 Å². The fourth-order valence-corrected chi connectivity index (χ4v) is 3.73. The third-order valence-corrected chi connectivity index (χ3v) is 6.00. The van der Waals surface area contributed by atoms with Crippen molar-refractivity contribution in [2.75, 3.05) is 12.4 Å². The molecule has 0 fully saturated rings. The van der Waals surface area contributed by atoms with Crippen LogP contribution in [0.4, 0.5) is 5.69 Å². The van der Waals surface area contributed by atoms with E-state index in [1.165, 1.54) is 17.6 Å². The Morgan fingerprint density at radius 2 is 1.86 bits per heavy atom. The monoisotopic (exact) mass is 520 g/mol. The molecule has 0 aliphatic heterocycles. The van der Waals surface area contributed by atoms with Gasteiger partial charge >= 0.3 is 0 Å². The lowest BCUT2D eigenvalue weighted by Gasteiger charge is -2.13. The number of rotatable bonds is 6. The molecular formula is C26H18Cl2N4O4. The maximum atomic E-state index is 13.5. The number of fused-ring (bicyclic) bond motifs is 1. The molecule has 8 nitrogen and oxygen atoms in total. The molecule has 0 unspecified atom stereocenters. The molecule has 36 heavy (non-hydrogen) atoms. The van der Waals surface area contributed by atoms with E-state index in [-0.39, 0.29) is 32.7 Å². The smallest absolute Gasteiger partial charge is 0.269 e. The van der Waals surface area contributed by atoms with Crippen LogP contribution >= 0.6 is 23.2 Å². The third-order valence-electron chi connectivity index (χ3n) is 5.18. The number of aromatic nitrogens is 2. The average Bonchev–Trinajstić information content (AvgIpc) is 2.87. The Bertz CT molecular complexity index is 1620. The van der Waals surface area contributed by atoms with Crippen LogP contribution in [0, 0.1) is 18.3 Å². The van der Waals surface area contributed by atoms with Crippen molar-refractivity contribution in [3.05, 3.63) is 97.9 Å². The van der Waals surface area contributed by atoms with E-state index in [0.29, 0.717) is 17.1 Å². The number of nitrogens with zero attached hydrogens (tertiary/aromatic N) is 3. The van der Waals surface area contributed by atoms with E-state index in [4.69, 9.17) is 32.7 Å². The third kappa shape index (κ3) is 4.89.